The quantitative estimate of drug-likeness (QED) is 0.680. The summed E-state index contributed by atoms with van der Waals surface area (Å²) >= 11 is 1.55. The van der Waals surface area contributed by atoms with Crippen LogP contribution in [-0.4, -0.2) is 47.4 Å². The zero-order valence-electron chi connectivity index (χ0n) is 15.8. The van der Waals surface area contributed by atoms with Gasteiger partial charge in [0.1, 0.15) is 0 Å². The molecule has 0 aromatic heterocycles. The largest absolute Gasteiger partial charge is 0.383 e. The van der Waals surface area contributed by atoms with Crippen molar-refractivity contribution in [3.63, 3.8) is 0 Å². The number of anilines is 1. The molecule has 0 saturated heterocycles. The molecule has 0 heterocycles. The number of carbonyl (C=O) groups is 1. The molecule has 6 nitrogen and oxygen atoms in total. The van der Waals surface area contributed by atoms with Gasteiger partial charge in [0.2, 0.25) is 0 Å². The minimum absolute atomic E-state index is 0.116. The predicted molar refractivity (Wildman–Crippen MR) is 109 cm³/mol. The zero-order valence-corrected chi connectivity index (χ0v) is 17.4. The van der Waals surface area contributed by atoms with Gasteiger partial charge in [-0.3, -0.25) is 9.10 Å². The summed E-state index contributed by atoms with van der Waals surface area (Å²) in [7, 11) is -0.604. The fourth-order valence-electron chi connectivity index (χ4n) is 2.47. The molecule has 2 aromatic rings. The van der Waals surface area contributed by atoms with E-state index in [4.69, 9.17) is 4.74 Å². The van der Waals surface area contributed by atoms with E-state index in [9.17, 15) is 13.2 Å². The summed E-state index contributed by atoms with van der Waals surface area (Å²) in [4.78, 5) is 13.4. The second-order valence-electron chi connectivity index (χ2n) is 6.02. The Kier molecular flexibility index (Phi) is 7.29. The average molecular weight is 409 g/mol. The van der Waals surface area contributed by atoms with E-state index in [-0.39, 0.29) is 16.8 Å². The average Bonchev–Trinajstić information content (AvgIpc) is 2.67. The molecule has 0 bridgehead atoms. The van der Waals surface area contributed by atoms with Crippen LogP contribution in [0.4, 0.5) is 5.69 Å². The fourth-order valence-corrected chi connectivity index (χ4v) is 4.07. The number of benzene rings is 2. The maximum absolute atomic E-state index is 12.8. The third-order valence-electron chi connectivity index (χ3n) is 4.01. The molecule has 0 unspecified atom stereocenters. The van der Waals surface area contributed by atoms with E-state index in [1.807, 2.05) is 13.2 Å². The van der Waals surface area contributed by atoms with Crippen LogP contribution in [0.15, 0.2) is 58.3 Å². The molecular formula is C19H24N2O4S2. The number of nitrogens with one attached hydrogen (secondary N) is 1. The molecule has 2 aromatic carbocycles. The Balaban J connectivity index is 2.16. The third-order valence-corrected chi connectivity index (χ3v) is 6.55. The van der Waals surface area contributed by atoms with Crippen LogP contribution in [0.25, 0.3) is 0 Å². The van der Waals surface area contributed by atoms with E-state index in [0.717, 1.165) is 4.90 Å². The Morgan fingerprint density at radius 3 is 2.26 bits per heavy atom. The fraction of sp³-hybridized carbons (Fsp3) is 0.316. The molecule has 0 aliphatic carbocycles. The van der Waals surface area contributed by atoms with Crippen LogP contribution in [0.2, 0.25) is 0 Å². The molecule has 8 heteroatoms. The lowest BCUT2D eigenvalue weighted by atomic mass is 10.2. The predicted octanol–water partition coefficient (Wildman–Crippen LogP) is 3.00. The molecule has 2 rings (SSSR count). The van der Waals surface area contributed by atoms with Crippen LogP contribution >= 0.6 is 11.8 Å². The van der Waals surface area contributed by atoms with Crippen LogP contribution in [0.3, 0.4) is 0 Å². The first-order valence-corrected chi connectivity index (χ1v) is 11.0. The molecule has 1 amide bonds. The Hall–Kier alpha value is -2.03. The summed E-state index contributed by atoms with van der Waals surface area (Å²) in [5.74, 6) is -0.232. The Morgan fingerprint density at radius 2 is 1.74 bits per heavy atom. The van der Waals surface area contributed by atoms with Crippen molar-refractivity contribution in [2.75, 3.05) is 31.3 Å². The van der Waals surface area contributed by atoms with E-state index >= 15 is 0 Å². The molecule has 0 spiro atoms. The second kappa shape index (κ2) is 9.25. The SMILES string of the molecule is COC[C@@H](C)NC(=O)c1ccc(N(C)S(=O)(=O)c2ccc(SC)cc2)cc1. The number of amides is 1. The molecule has 146 valence electrons. The molecular weight excluding hydrogens is 384 g/mol. The number of thioether (sulfide) groups is 1. The summed E-state index contributed by atoms with van der Waals surface area (Å²) in [5.41, 5.74) is 0.933. The number of sulfonamides is 1. The number of hydrogen-bond acceptors (Lipinski definition) is 5. The van der Waals surface area contributed by atoms with Crippen molar-refractivity contribution in [3.8, 4) is 0 Å². The molecule has 0 aliphatic rings. The number of rotatable bonds is 8. The van der Waals surface area contributed by atoms with Crippen molar-refractivity contribution in [1.82, 2.24) is 5.32 Å². The van der Waals surface area contributed by atoms with Crippen LogP contribution in [0.5, 0.6) is 0 Å². The van der Waals surface area contributed by atoms with Gasteiger partial charge in [0, 0.05) is 30.7 Å². The van der Waals surface area contributed by atoms with Crippen molar-refractivity contribution in [1.29, 1.82) is 0 Å². The number of hydrogen-bond donors (Lipinski definition) is 1. The Labute approximate surface area is 165 Å². The highest BCUT2D eigenvalue weighted by Crippen LogP contribution is 2.24. The van der Waals surface area contributed by atoms with E-state index in [2.05, 4.69) is 5.32 Å². The summed E-state index contributed by atoms with van der Waals surface area (Å²) < 4.78 is 31.8. The summed E-state index contributed by atoms with van der Waals surface area (Å²) in [6.45, 7) is 2.26. The summed E-state index contributed by atoms with van der Waals surface area (Å²) in [6.07, 6.45) is 1.93. The number of carbonyl (C=O) groups excluding carboxylic acids is 1. The van der Waals surface area contributed by atoms with E-state index in [1.54, 1.807) is 67.4 Å². The topological polar surface area (TPSA) is 75.7 Å². The van der Waals surface area contributed by atoms with Gasteiger partial charge in [-0.2, -0.15) is 0 Å². The highest BCUT2D eigenvalue weighted by atomic mass is 32.2. The Morgan fingerprint density at radius 1 is 1.15 bits per heavy atom. The summed E-state index contributed by atoms with van der Waals surface area (Å²) in [6, 6.07) is 13.1. The molecule has 0 fully saturated rings. The smallest absolute Gasteiger partial charge is 0.264 e. The highest BCUT2D eigenvalue weighted by Gasteiger charge is 2.21. The van der Waals surface area contributed by atoms with E-state index in [1.165, 1.54) is 11.4 Å². The molecule has 0 aliphatic heterocycles. The molecule has 1 N–H and O–H groups in total. The van der Waals surface area contributed by atoms with Crippen LogP contribution in [0.1, 0.15) is 17.3 Å². The second-order valence-corrected chi connectivity index (χ2v) is 8.87. The van der Waals surface area contributed by atoms with Gasteiger partial charge in [-0.1, -0.05) is 0 Å². The number of ether oxygens (including phenoxy) is 1. The minimum atomic E-state index is -3.67. The maximum Gasteiger partial charge on any atom is 0.264 e. The first kappa shape index (κ1) is 21.3. The number of methoxy groups -OCH3 is 1. The highest BCUT2D eigenvalue weighted by molar-refractivity contribution is 7.98. The van der Waals surface area contributed by atoms with Gasteiger partial charge >= 0.3 is 0 Å². The summed E-state index contributed by atoms with van der Waals surface area (Å²) in [5, 5.41) is 2.81. The first-order valence-electron chi connectivity index (χ1n) is 8.32. The lowest BCUT2D eigenvalue weighted by Gasteiger charge is -2.20. The van der Waals surface area contributed by atoms with Crippen molar-refractivity contribution in [2.24, 2.45) is 0 Å². The standard InChI is InChI=1S/C19H24N2O4S2/c1-14(13-25-3)20-19(22)15-5-7-16(8-6-15)21(2)27(23,24)18-11-9-17(26-4)10-12-18/h5-12,14H,13H2,1-4H3,(H,20,22)/t14-/m1/s1. The van der Waals surface area contributed by atoms with Crippen molar-refractivity contribution >= 4 is 33.4 Å². The van der Waals surface area contributed by atoms with Gasteiger partial charge in [-0.15, -0.1) is 11.8 Å². The van der Waals surface area contributed by atoms with E-state index in [0.29, 0.717) is 17.9 Å². The van der Waals surface area contributed by atoms with E-state index < -0.39 is 10.0 Å². The van der Waals surface area contributed by atoms with Crippen molar-refractivity contribution in [2.45, 2.75) is 22.8 Å². The van der Waals surface area contributed by atoms with Crippen LogP contribution in [0, 0.1) is 0 Å². The normalized spacial score (nSPS) is 12.4. The van der Waals surface area contributed by atoms with Crippen molar-refractivity contribution in [3.05, 3.63) is 54.1 Å². The van der Waals surface area contributed by atoms with Crippen molar-refractivity contribution < 1.29 is 17.9 Å². The third kappa shape index (κ3) is 5.24. The zero-order chi connectivity index (χ0) is 20.0. The monoisotopic (exact) mass is 408 g/mol. The molecule has 0 saturated carbocycles. The van der Waals surface area contributed by atoms with Gasteiger partial charge < -0.3 is 10.1 Å². The first-order chi connectivity index (χ1) is 12.8. The lowest BCUT2D eigenvalue weighted by molar-refractivity contribution is 0.0905. The Bertz CT molecular complexity index is 866. The minimum Gasteiger partial charge on any atom is -0.383 e. The molecule has 0 radical (unpaired) electrons. The van der Waals surface area contributed by atoms with Crippen LogP contribution < -0.4 is 9.62 Å². The number of nitrogens with zero attached hydrogens (tertiary/aromatic N) is 1. The molecule has 1 atom stereocenters. The molecule has 27 heavy (non-hydrogen) atoms. The van der Waals surface area contributed by atoms with Gasteiger partial charge in [0.15, 0.2) is 0 Å². The van der Waals surface area contributed by atoms with Crippen LogP contribution in [-0.2, 0) is 14.8 Å². The lowest BCUT2D eigenvalue weighted by Crippen LogP contribution is -2.35. The van der Waals surface area contributed by atoms with Gasteiger partial charge in [-0.05, 0) is 61.7 Å². The van der Waals surface area contributed by atoms with Gasteiger partial charge in [0.25, 0.3) is 15.9 Å². The maximum atomic E-state index is 12.8. The van der Waals surface area contributed by atoms with Gasteiger partial charge in [0.05, 0.1) is 17.2 Å². The van der Waals surface area contributed by atoms with Gasteiger partial charge in [-0.25, -0.2) is 8.42 Å².